The van der Waals surface area contributed by atoms with Crippen LogP contribution in [0.3, 0.4) is 0 Å². The van der Waals surface area contributed by atoms with Gasteiger partial charge in [0.15, 0.2) is 0 Å². The first-order valence-electron chi connectivity index (χ1n) is 6.66. The fourth-order valence-corrected chi connectivity index (χ4v) is 1.88. The van der Waals surface area contributed by atoms with Crippen LogP contribution in [0.4, 0.5) is 13.2 Å². The maximum absolute atomic E-state index is 13.5. The lowest BCUT2D eigenvalue weighted by Gasteiger charge is -2.13. The number of nitrogens with one attached hydrogen (secondary N) is 1. The van der Waals surface area contributed by atoms with Crippen LogP contribution >= 0.6 is 0 Å². The number of halogens is 3. The summed E-state index contributed by atoms with van der Waals surface area (Å²) in [6, 6.07) is 4.39. The Bertz CT molecular complexity index is 715. The van der Waals surface area contributed by atoms with Crippen molar-refractivity contribution >= 4 is 12.0 Å². The van der Waals surface area contributed by atoms with Gasteiger partial charge in [-0.25, -0.2) is 13.2 Å². The highest BCUT2D eigenvalue weighted by Gasteiger charge is 2.17. The lowest BCUT2D eigenvalue weighted by Crippen LogP contribution is -2.27. The van der Waals surface area contributed by atoms with Gasteiger partial charge in [0.2, 0.25) is 5.91 Å². The Labute approximate surface area is 130 Å². The first-order chi connectivity index (χ1) is 11.0. The van der Waals surface area contributed by atoms with Crippen molar-refractivity contribution in [3.63, 3.8) is 0 Å². The van der Waals surface area contributed by atoms with Gasteiger partial charge in [-0.1, -0.05) is 6.07 Å². The number of amides is 1. The maximum atomic E-state index is 13.5. The molecule has 1 atom stereocenters. The SMILES string of the molecule is O=C(/C=C/c1cncc(F)c1)NCC(O)c1c(F)cccc1F. The Kier molecular flexibility index (Phi) is 5.48. The average molecular weight is 322 g/mol. The number of hydrogen-bond acceptors (Lipinski definition) is 3. The number of carbonyl (C=O) groups is 1. The minimum absolute atomic E-state index is 0.373. The van der Waals surface area contributed by atoms with Crippen LogP contribution in [0, 0.1) is 17.5 Å². The van der Waals surface area contributed by atoms with E-state index in [1.165, 1.54) is 24.4 Å². The molecule has 1 aromatic carbocycles. The van der Waals surface area contributed by atoms with Crippen molar-refractivity contribution in [1.29, 1.82) is 0 Å². The van der Waals surface area contributed by atoms with E-state index in [1.54, 1.807) is 0 Å². The zero-order valence-corrected chi connectivity index (χ0v) is 11.8. The van der Waals surface area contributed by atoms with Crippen molar-refractivity contribution in [1.82, 2.24) is 10.3 Å². The molecule has 2 rings (SSSR count). The standard InChI is InChI=1S/C16H13F3N2O2/c17-11-6-10(7-20-8-11)4-5-15(23)21-9-14(22)16-12(18)2-1-3-13(16)19/h1-8,14,22H,9H2,(H,21,23)/b5-4+. The molecule has 7 heteroatoms. The second kappa shape index (κ2) is 7.55. The van der Waals surface area contributed by atoms with Gasteiger partial charge in [-0.2, -0.15) is 0 Å². The van der Waals surface area contributed by atoms with Crippen molar-refractivity contribution in [3.05, 3.63) is 71.3 Å². The number of carbonyl (C=O) groups excluding carboxylic acids is 1. The lowest BCUT2D eigenvalue weighted by atomic mass is 10.1. The van der Waals surface area contributed by atoms with E-state index in [4.69, 9.17) is 0 Å². The van der Waals surface area contributed by atoms with Gasteiger partial charge in [-0.15, -0.1) is 0 Å². The van der Waals surface area contributed by atoms with Gasteiger partial charge in [0.1, 0.15) is 23.6 Å². The highest BCUT2D eigenvalue weighted by Crippen LogP contribution is 2.19. The van der Waals surface area contributed by atoms with E-state index in [9.17, 15) is 23.1 Å². The number of nitrogens with zero attached hydrogens (tertiary/aromatic N) is 1. The predicted octanol–water partition coefficient (Wildman–Crippen LogP) is 2.36. The second-order valence-corrected chi connectivity index (χ2v) is 4.67. The Morgan fingerprint density at radius 3 is 2.61 bits per heavy atom. The van der Waals surface area contributed by atoms with Gasteiger partial charge >= 0.3 is 0 Å². The zero-order valence-electron chi connectivity index (χ0n) is 11.8. The van der Waals surface area contributed by atoms with Crippen LogP contribution in [0.2, 0.25) is 0 Å². The molecule has 0 radical (unpaired) electrons. The van der Waals surface area contributed by atoms with Crippen LogP contribution in [0.5, 0.6) is 0 Å². The van der Waals surface area contributed by atoms with E-state index in [0.29, 0.717) is 5.56 Å². The van der Waals surface area contributed by atoms with Gasteiger partial charge in [-0.05, 0) is 29.8 Å². The van der Waals surface area contributed by atoms with Gasteiger partial charge in [0.05, 0.1) is 11.8 Å². The van der Waals surface area contributed by atoms with E-state index in [-0.39, 0.29) is 6.54 Å². The number of hydrogen-bond donors (Lipinski definition) is 2. The summed E-state index contributed by atoms with van der Waals surface area (Å²) in [7, 11) is 0. The summed E-state index contributed by atoms with van der Waals surface area (Å²) in [5, 5.41) is 12.1. The quantitative estimate of drug-likeness (QED) is 0.831. The maximum Gasteiger partial charge on any atom is 0.244 e. The number of aromatic nitrogens is 1. The molecule has 1 amide bonds. The van der Waals surface area contributed by atoms with Gasteiger partial charge in [-0.3, -0.25) is 9.78 Å². The van der Waals surface area contributed by atoms with Crippen LogP contribution in [-0.4, -0.2) is 22.5 Å². The van der Waals surface area contributed by atoms with Crippen LogP contribution in [0.15, 0.2) is 42.7 Å². The van der Waals surface area contributed by atoms with Crippen LogP contribution in [-0.2, 0) is 4.79 Å². The van der Waals surface area contributed by atoms with Crippen molar-refractivity contribution in [2.24, 2.45) is 0 Å². The minimum atomic E-state index is -1.52. The third-order valence-electron chi connectivity index (χ3n) is 2.96. The molecule has 0 aliphatic heterocycles. The van der Waals surface area contributed by atoms with Crippen molar-refractivity contribution in [3.8, 4) is 0 Å². The highest BCUT2D eigenvalue weighted by molar-refractivity contribution is 5.91. The van der Waals surface area contributed by atoms with E-state index in [0.717, 1.165) is 24.4 Å². The fourth-order valence-electron chi connectivity index (χ4n) is 1.88. The molecule has 1 heterocycles. The summed E-state index contributed by atoms with van der Waals surface area (Å²) in [6.07, 6.45) is 3.28. The Balaban J connectivity index is 1.94. The predicted molar refractivity (Wildman–Crippen MR) is 77.6 cm³/mol. The normalized spacial score (nSPS) is 12.3. The van der Waals surface area contributed by atoms with Gasteiger partial charge in [0, 0.05) is 18.8 Å². The third kappa shape index (κ3) is 4.65. The molecular formula is C16H13F3N2O2. The second-order valence-electron chi connectivity index (χ2n) is 4.67. The molecule has 0 saturated heterocycles. The molecule has 0 spiro atoms. The fraction of sp³-hybridized carbons (Fsp3) is 0.125. The molecule has 23 heavy (non-hydrogen) atoms. The van der Waals surface area contributed by atoms with Gasteiger partial charge in [0.25, 0.3) is 0 Å². The summed E-state index contributed by atoms with van der Waals surface area (Å²) < 4.78 is 39.8. The average Bonchev–Trinajstić information content (AvgIpc) is 2.51. The van der Waals surface area contributed by atoms with Crippen molar-refractivity contribution < 1.29 is 23.1 Å². The molecular weight excluding hydrogens is 309 g/mol. The number of aliphatic hydroxyl groups is 1. The number of pyridine rings is 1. The molecule has 0 saturated carbocycles. The highest BCUT2D eigenvalue weighted by atomic mass is 19.1. The molecule has 0 bridgehead atoms. The molecule has 2 aromatic rings. The van der Waals surface area contributed by atoms with E-state index < -0.39 is 35.0 Å². The smallest absolute Gasteiger partial charge is 0.244 e. The van der Waals surface area contributed by atoms with E-state index >= 15 is 0 Å². The van der Waals surface area contributed by atoms with Crippen LogP contribution < -0.4 is 5.32 Å². The summed E-state index contributed by atoms with van der Waals surface area (Å²) in [6.45, 7) is -0.373. The molecule has 1 aromatic heterocycles. The Morgan fingerprint density at radius 2 is 1.96 bits per heavy atom. The molecule has 120 valence electrons. The summed E-state index contributed by atoms with van der Waals surface area (Å²) in [5.41, 5.74) is -0.132. The van der Waals surface area contributed by atoms with E-state index in [1.807, 2.05) is 0 Å². The molecule has 0 aliphatic rings. The van der Waals surface area contributed by atoms with E-state index in [2.05, 4.69) is 10.3 Å². The summed E-state index contributed by atoms with van der Waals surface area (Å²) in [5.74, 6) is -2.94. The molecule has 1 unspecified atom stereocenters. The molecule has 0 fully saturated rings. The number of benzene rings is 1. The van der Waals surface area contributed by atoms with Crippen LogP contribution in [0.1, 0.15) is 17.2 Å². The zero-order chi connectivity index (χ0) is 16.8. The van der Waals surface area contributed by atoms with Crippen molar-refractivity contribution in [2.45, 2.75) is 6.10 Å². The topological polar surface area (TPSA) is 62.2 Å². The molecule has 2 N–H and O–H groups in total. The first-order valence-corrected chi connectivity index (χ1v) is 6.66. The Morgan fingerprint density at radius 1 is 1.26 bits per heavy atom. The Hall–Kier alpha value is -2.67. The monoisotopic (exact) mass is 322 g/mol. The van der Waals surface area contributed by atoms with Gasteiger partial charge < -0.3 is 10.4 Å². The van der Waals surface area contributed by atoms with Crippen LogP contribution in [0.25, 0.3) is 6.08 Å². The summed E-state index contributed by atoms with van der Waals surface area (Å²) in [4.78, 5) is 15.2. The first kappa shape index (κ1) is 16.7. The lowest BCUT2D eigenvalue weighted by molar-refractivity contribution is -0.116. The summed E-state index contributed by atoms with van der Waals surface area (Å²) >= 11 is 0. The minimum Gasteiger partial charge on any atom is -0.386 e. The number of rotatable bonds is 5. The van der Waals surface area contributed by atoms with Crippen molar-refractivity contribution in [2.75, 3.05) is 6.54 Å². The third-order valence-corrected chi connectivity index (χ3v) is 2.96. The molecule has 0 aliphatic carbocycles. The number of aliphatic hydroxyl groups excluding tert-OH is 1. The largest absolute Gasteiger partial charge is 0.386 e. The molecule has 4 nitrogen and oxygen atoms in total.